The van der Waals surface area contributed by atoms with Crippen LogP contribution < -0.4 is 5.32 Å². The third-order valence-electron chi connectivity index (χ3n) is 4.84. The maximum Gasteiger partial charge on any atom is 0.309 e. The van der Waals surface area contributed by atoms with Crippen LogP contribution in [0.3, 0.4) is 0 Å². The zero-order chi connectivity index (χ0) is 17.1. The number of carbonyl (C=O) groups excluding carboxylic acids is 3. The number of rotatable bonds is 4. The van der Waals surface area contributed by atoms with Crippen molar-refractivity contribution in [3.63, 3.8) is 0 Å². The summed E-state index contributed by atoms with van der Waals surface area (Å²) < 4.78 is 18.1. The SMILES string of the molecule is O=C(COC(=O)C1C[C@H]2CCC[C@@H](C1)C2=O)Nc1cccc(F)c1. The molecule has 2 saturated carbocycles. The summed E-state index contributed by atoms with van der Waals surface area (Å²) in [6, 6.07) is 5.50. The Kier molecular flexibility index (Phi) is 4.92. The third kappa shape index (κ3) is 3.80. The van der Waals surface area contributed by atoms with Gasteiger partial charge >= 0.3 is 5.97 Å². The summed E-state index contributed by atoms with van der Waals surface area (Å²) in [6.07, 6.45) is 3.79. The summed E-state index contributed by atoms with van der Waals surface area (Å²) in [5, 5.41) is 2.48. The lowest BCUT2D eigenvalue weighted by atomic mass is 9.67. The van der Waals surface area contributed by atoms with Gasteiger partial charge in [-0.3, -0.25) is 14.4 Å². The molecule has 2 bridgehead atoms. The van der Waals surface area contributed by atoms with Gasteiger partial charge in [-0.15, -0.1) is 0 Å². The molecule has 1 unspecified atom stereocenters. The first-order valence-corrected chi connectivity index (χ1v) is 8.28. The fraction of sp³-hybridized carbons (Fsp3) is 0.500. The number of esters is 1. The molecule has 1 aromatic rings. The molecule has 3 rings (SSSR count). The quantitative estimate of drug-likeness (QED) is 0.860. The topological polar surface area (TPSA) is 72.5 Å². The van der Waals surface area contributed by atoms with E-state index in [4.69, 9.17) is 4.74 Å². The Morgan fingerprint density at radius 3 is 2.58 bits per heavy atom. The molecule has 0 spiro atoms. The molecule has 3 atom stereocenters. The highest BCUT2D eigenvalue weighted by Crippen LogP contribution is 2.40. The van der Waals surface area contributed by atoms with E-state index >= 15 is 0 Å². The number of hydrogen-bond donors (Lipinski definition) is 1. The molecule has 24 heavy (non-hydrogen) atoms. The number of carbonyl (C=O) groups is 3. The lowest BCUT2D eigenvalue weighted by Crippen LogP contribution is -2.40. The van der Waals surface area contributed by atoms with Crippen LogP contribution >= 0.6 is 0 Å². The van der Waals surface area contributed by atoms with Crippen LogP contribution in [0.5, 0.6) is 0 Å². The molecule has 0 radical (unpaired) electrons. The first-order valence-electron chi connectivity index (χ1n) is 8.28. The van der Waals surface area contributed by atoms with E-state index in [9.17, 15) is 18.8 Å². The average Bonchev–Trinajstić information content (AvgIpc) is 2.52. The number of amides is 1. The number of benzene rings is 1. The van der Waals surface area contributed by atoms with Crippen LogP contribution in [-0.2, 0) is 19.1 Å². The highest BCUT2D eigenvalue weighted by atomic mass is 19.1. The van der Waals surface area contributed by atoms with Gasteiger partial charge in [0.05, 0.1) is 5.92 Å². The second-order valence-corrected chi connectivity index (χ2v) is 6.56. The molecule has 2 aliphatic rings. The standard InChI is InChI=1S/C18H20FNO4/c19-14-5-2-6-15(9-14)20-16(21)10-24-18(23)13-7-11-3-1-4-12(8-13)17(11)22/h2,5-6,9,11-13H,1,3-4,7-8,10H2,(H,20,21)/t11-,12+,13?. The second-order valence-electron chi connectivity index (χ2n) is 6.56. The first kappa shape index (κ1) is 16.6. The van der Waals surface area contributed by atoms with Crippen LogP contribution in [0.1, 0.15) is 32.1 Å². The van der Waals surface area contributed by atoms with Crippen molar-refractivity contribution in [2.45, 2.75) is 32.1 Å². The van der Waals surface area contributed by atoms with Crippen LogP contribution in [0.15, 0.2) is 24.3 Å². The van der Waals surface area contributed by atoms with Gasteiger partial charge in [0.25, 0.3) is 5.91 Å². The second kappa shape index (κ2) is 7.11. The van der Waals surface area contributed by atoms with E-state index in [-0.39, 0.29) is 23.5 Å². The Morgan fingerprint density at radius 1 is 1.21 bits per heavy atom. The van der Waals surface area contributed by atoms with Crippen molar-refractivity contribution in [3.05, 3.63) is 30.1 Å². The highest BCUT2D eigenvalue weighted by Gasteiger charge is 2.41. The molecular weight excluding hydrogens is 313 g/mol. The largest absolute Gasteiger partial charge is 0.455 e. The Balaban J connectivity index is 1.48. The fourth-order valence-electron chi connectivity index (χ4n) is 3.69. The molecule has 0 aromatic heterocycles. The van der Waals surface area contributed by atoms with E-state index < -0.39 is 24.3 Å². The maximum atomic E-state index is 13.1. The molecule has 5 nitrogen and oxygen atoms in total. The molecule has 2 fully saturated rings. The van der Waals surface area contributed by atoms with Crippen LogP contribution in [0.25, 0.3) is 0 Å². The van der Waals surface area contributed by atoms with Crippen molar-refractivity contribution in [1.82, 2.24) is 0 Å². The Hall–Kier alpha value is -2.24. The monoisotopic (exact) mass is 333 g/mol. The summed E-state index contributed by atoms with van der Waals surface area (Å²) in [5.74, 6) is -1.47. The van der Waals surface area contributed by atoms with E-state index in [1.54, 1.807) is 6.07 Å². The predicted molar refractivity (Wildman–Crippen MR) is 84.6 cm³/mol. The smallest absolute Gasteiger partial charge is 0.309 e. The summed E-state index contributed by atoms with van der Waals surface area (Å²) >= 11 is 0. The van der Waals surface area contributed by atoms with E-state index in [2.05, 4.69) is 5.32 Å². The zero-order valence-corrected chi connectivity index (χ0v) is 13.3. The number of halogens is 1. The Labute approximate surface area is 139 Å². The van der Waals surface area contributed by atoms with Gasteiger partial charge in [0.1, 0.15) is 11.6 Å². The van der Waals surface area contributed by atoms with Crippen molar-refractivity contribution >= 4 is 23.3 Å². The summed E-state index contributed by atoms with van der Waals surface area (Å²) in [7, 11) is 0. The minimum Gasteiger partial charge on any atom is -0.455 e. The molecule has 6 heteroatoms. The van der Waals surface area contributed by atoms with Gasteiger partial charge in [-0.1, -0.05) is 12.5 Å². The number of nitrogens with one attached hydrogen (secondary N) is 1. The minimum absolute atomic E-state index is 0.0313. The van der Waals surface area contributed by atoms with Crippen molar-refractivity contribution in [1.29, 1.82) is 0 Å². The van der Waals surface area contributed by atoms with Gasteiger partial charge in [-0.25, -0.2) is 4.39 Å². The van der Waals surface area contributed by atoms with Gasteiger partial charge in [-0.05, 0) is 43.9 Å². The number of Topliss-reactive ketones (excluding diaryl/α,β-unsaturated/α-hetero) is 1. The summed E-state index contributed by atoms with van der Waals surface area (Å²) in [5.41, 5.74) is 0.314. The van der Waals surface area contributed by atoms with Crippen molar-refractivity contribution in [2.24, 2.45) is 17.8 Å². The van der Waals surface area contributed by atoms with E-state index in [1.807, 2.05) is 0 Å². The van der Waals surface area contributed by atoms with Crippen molar-refractivity contribution in [2.75, 3.05) is 11.9 Å². The van der Waals surface area contributed by atoms with E-state index in [1.165, 1.54) is 18.2 Å². The Bertz CT molecular complexity index is 644. The summed E-state index contributed by atoms with van der Waals surface area (Å²) in [6.45, 7) is -0.408. The third-order valence-corrected chi connectivity index (χ3v) is 4.84. The number of anilines is 1. The lowest BCUT2D eigenvalue weighted by Gasteiger charge is -2.36. The Morgan fingerprint density at radius 2 is 1.92 bits per heavy atom. The van der Waals surface area contributed by atoms with E-state index in [0.717, 1.165) is 19.3 Å². The molecule has 2 aliphatic carbocycles. The molecule has 128 valence electrons. The molecule has 1 amide bonds. The normalized spacial score (nSPS) is 25.9. The first-order chi connectivity index (χ1) is 11.5. The minimum atomic E-state index is -0.513. The fourth-order valence-corrected chi connectivity index (χ4v) is 3.69. The van der Waals surface area contributed by atoms with Gasteiger partial charge in [0.15, 0.2) is 6.61 Å². The van der Waals surface area contributed by atoms with Crippen LogP contribution in [0, 0.1) is 23.6 Å². The lowest BCUT2D eigenvalue weighted by molar-refractivity contribution is -0.155. The number of ketones is 1. The van der Waals surface area contributed by atoms with Crippen LogP contribution in [0.4, 0.5) is 10.1 Å². The summed E-state index contributed by atoms with van der Waals surface area (Å²) in [4.78, 5) is 36.0. The van der Waals surface area contributed by atoms with E-state index in [0.29, 0.717) is 18.5 Å². The molecule has 0 aliphatic heterocycles. The molecular formula is C18H20FNO4. The number of ether oxygens (including phenoxy) is 1. The zero-order valence-electron chi connectivity index (χ0n) is 13.3. The predicted octanol–water partition coefficient (Wildman–Crippen LogP) is 2.70. The highest BCUT2D eigenvalue weighted by molar-refractivity contribution is 5.93. The van der Waals surface area contributed by atoms with Gasteiger partial charge in [0.2, 0.25) is 0 Å². The van der Waals surface area contributed by atoms with Crippen molar-refractivity contribution in [3.8, 4) is 0 Å². The molecule has 1 N–H and O–H groups in total. The van der Waals surface area contributed by atoms with Crippen LogP contribution in [0.2, 0.25) is 0 Å². The number of fused-ring (bicyclic) bond motifs is 2. The van der Waals surface area contributed by atoms with Gasteiger partial charge in [0, 0.05) is 17.5 Å². The van der Waals surface area contributed by atoms with Crippen LogP contribution in [-0.4, -0.2) is 24.3 Å². The van der Waals surface area contributed by atoms with Crippen molar-refractivity contribution < 1.29 is 23.5 Å². The van der Waals surface area contributed by atoms with Gasteiger partial charge < -0.3 is 10.1 Å². The number of hydrogen-bond acceptors (Lipinski definition) is 4. The molecule has 1 aromatic carbocycles. The maximum absolute atomic E-state index is 13.1. The van der Waals surface area contributed by atoms with Gasteiger partial charge in [-0.2, -0.15) is 0 Å². The molecule has 0 heterocycles. The molecule has 0 saturated heterocycles. The average molecular weight is 333 g/mol.